The highest BCUT2D eigenvalue weighted by Crippen LogP contribution is 2.18. The van der Waals surface area contributed by atoms with Crippen LogP contribution in [0.25, 0.3) is 0 Å². The number of aryl methyl sites for hydroxylation is 1. The number of benzene rings is 1. The Balaban J connectivity index is 2.05. The number of ketones is 2. The minimum atomic E-state index is -0.119. The Morgan fingerprint density at radius 3 is 2.23 bits per heavy atom. The molecule has 6 heteroatoms. The molecule has 1 atom stereocenters. The predicted molar refractivity (Wildman–Crippen MR) is 99.9 cm³/mol. The standard InChI is InChI=1S/C20H25N3O3/c1-12-18(14(3)24)13(2)22-19(12)17(25)11-23(5)10-15-6-8-16(9-7-15)20(26)21-4/h6-9,22H,10-11H2,1-5H3,(H,21,26)/p+1. The number of aromatic amines is 1. The second-order valence-electron chi connectivity index (χ2n) is 6.69. The highest BCUT2D eigenvalue weighted by atomic mass is 16.1. The molecule has 0 aliphatic carbocycles. The van der Waals surface area contributed by atoms with Crippen LogP contribution in [-0.2, 0) is 6.54 Å². The summed E-state index contributed by atoms with van der Waals surface area (Å²) in [5, 5.41) is 2.59. The van der Waals surface area contributed by atoms with Crippen LogP contribution in [0.1, 0.15) is 54.9 Å². The first-order valence-electron chi connectivity index (χ1n) is 8.60. The minimum absolute atomic E-state index is 0.0161. The summed E-state index contributed by atoms with van der Waals surface area (Å²) in [5.74, 6) is -0.170. The second kappa shape index (κ2) is 8.10. The number of hydrogen-bond donors (Lipinski definition) is 3. The summed E-state index contributed by atoms with van der Waals surface area (Å²) in [6, 6.07) is 7.36. The number of nitrogens with one attached hydrogen (secondary N) is 3. The lowest BCUT2D eigenvalue weighted by atomic mass is 10.1. The summed E-state index contributed by atoms with van der Waals surface area (Å²) in [6.45, 7) is 6.11. The van der Waals surface area contributed by atoms with E-state index in [2.05, 4.69) is 10.3 Å². The van der Waals surface area contributed by atoms with E-state index in [1.807, 2.05) is 26.1 Å². The lowest BCUT2D eigenvalue weighted by Crippen LogP contribution is -3.08. The molecule has 2 rings (SSSR count). The maximum absolute atomic E-state index is 12.6. The average Bonchev–Trinajstić information content (AvgIpc) is 2.89. The number of likely N-dealkylation sites (N-methyl/N-ethyl adjacent to an activating group) is 1. The van der Waals surface area contributed by atoms with E-state index in [1.54, 1.807) is 26.1 Å². The van der Waals surface area contributed by atoms with Gasteiger partial charge in [-0.05, 0) is 38.5 Å². The molecule has 0 fully saturated rings. The van der Waals surface area contributed by atoms with E-state index in [1.165, 1.54) is 6.92 Å². The van der Waals surface area contributed by atoms with Crippen molar-refractivity contribution in [2.45, 2.75) is 27.3 Å². The maximum Gasteiger partial charge on any atom is 0.251 e. The zero-order chi connectivity index (χ0) is 19.4. The van der Waals surface area contributed by atoms with Crippen LogP contribution in [0.3, 0.4) is 0 Å². The summed E-state index contributed by atoms with van der Waals surface area (Å²) in [6.07, 6.45) is 0. The van der Waals surface area contributed by atoms with Crippen molar-refractivity contribution in [2.75, 3.05) is 20.6 Å². The van der Waals surface area contributed by atoms with Crippen molar-refractivity contribution in [3.05, 3.63) is 57.9 Å². The average molecular weight is 356 g/mol. The van der Waals surface area contributed by atoms with Gasteiger partial charge in [0.05, 0.1) is 12.7 Å². The largest absolute Gasteiger partial charge is 0.355 e. The van der Waals surface area contributed by atoms with Gasteiger partial charge in [-0.3, -0.25) is 14.4 Å². The molecule has 1 unspecified atom stereocenters. The molecule has 1 amide bonds. The lowest BCUT2D eigenvalue weighted by Gasteiger charge is -2.13. The lowest BCUT2D eigenvalue weighted by molar-refractivity contribution is -0.884. The van der Waals surface area contributed by atoms with E-state index in [9.17, 15) is 14.4 Å². The smallest absolute Gasteiger partial charge is 0.251 e. The Morgan fingerprint density at radius 2 is 1.73 bits per heavy atom. The molecule has 2 aromatic rings. The van der Waals surface area contributed by atoms with Crippen molar-refractivity contribution in [3.8, 4) is 0 Å². The minimum Gasteiger partial charge on any atom is -0.355 e. The van der Waals surface area contributed by atoms with Gasteiger partial charge in [0.15, 0.2) is 5.78 Å². The zero-order valence-corrected chi connectivity index (χ0v) is 15.9. The molecule has 0 spiro atoms. The first-order valence-corrected chi connectivity index (χ1v) is 8.60. The van der Waals surface area contributed by atoms with Crippen molar-refractivity contribution < 1.29 is 19.3 Å². The third-order valence-corrected chi connectivity index (χ3v) is 4.48. The number of quaternary nitrogens is 1. The van der Waals surface area contributed by atoms with Gasteiger partial charge < -0.3 is 15.2 Å². The summed E-state index contributed by atoms with van der Waals surface area (Å²) in [5.41, 5.74) is 4.24. The number of aromatic nitrogens is 1. The Kier molecular flexibility index (Phi) is 6.10. The quantitative estimate of drug-likeness (QED) is 0.650. The monoisotopic (exact) mass is 356 g/mol. The number of amides is 1. The molecule has 138 valence electrons. The molecule has 1 aromatic heterocycles. The van der Waals surface area contributed by atoms with Gasteiger partial charge >= 0.3 is 0 Å². The van der Waals surface area contributed by atoms with Crippen molar-refractivity contribution in [2.24, 2.45) is 0 Å². The molecule has 0 aliphatic heterocycles. The van der Waals surface area contributed by atoms with Gasteiger partial charge in [-0.2, -0.15) is 0 Å². The van der Waals surface area contributed by atoms with Crippen LogP contribution in [-0.4, -0.2) is 43.1 Å². The summed E-state index contributed by atoms with van der Waals surface area (Å²) in [4.78, 5) is 40.0. The molecule has 1 heterocycles. The Morgan fingerprint density at radius 1 is 1.12 bits per heavy atom. The number of hydrogen-bond acceptors (Lipinski definition) is 3. The number of Topliss-reactive ketones (excluding diaryl/α,β-unsaturated/α-hetero) is 2. The molecule has 1 aromatic carbocycles. The van der Waals surface area contributed by atoms with Gasteiger partial charge in [-0.25, -0.2) is 0 Å². The van der Waals surface area contributed by atoms with Gasteiger partial charge in [0.25, 0.3) is 5.91 Å². The number of carbonyl (C=O) groups is 3. The van der Waals surface area contributed by atoms with E-state index in [4.69, 9.17) is 0 Å². The molecule has 3 N–H and O–H groups in total. The van der Waals surface area contributed by atoms with E-state index in [0.29, 0.717) is 29.9 Å². The van der Waals surface area contributed by atoms with Gasteiger partial charge in [-0.15, -0.1) is 0 Å². The van der Waals surface area contributed by atoms with Gasteiger partial charge in [0, 0.05) is 29.4 Å². The molecule has 6 nitrogen and oxygen atoms in total. The van der Waals surface area contributed by atoms with Crippen molar-refractivity contribution in [3.63, 3.8) is 0 Å². The summed E-state index contributed by atoms with van der Waals surface area (Å²) >= 11 is 0. The third kappa shape index (κ3) is 4.26. The van der Waals surface area contributed by atoms with E-state index >= 15 is 0 Å². The third-order valence-electron chi connectivity index (χ3n) is 4.48. The molecule has 0 radical (unpaired) electrons. The van der Waals surface area contributed by atoms with Crippen molar-refractivity contribution in [1.29, 1.82) is 0 Å². The van der Waals surface area contributed by atoms with E-state index in [-0.39, 0.29) is 17.5 Å². The van der Waals surface area contributed by atoms with Crippen LogP contribution in [0, 0.1) is 13.8 Å². The first-order chi connectivity index (χ1) is 12.2. The molecule has 26 heavy (non-hydrogen) atoms. The van der Waals surface area contributed by atoms with Crippen molar-refractivity contribution in [1.82, 2.24) is 10.3 Å². The topological polar surface area (TPSA) is 83.5 Å². The normalized spacial score (nSPS) is 11.9. The van der Waals surface area contributed by atoms with E-state index in [0.717, 1.165) is 21.7 Å². The molecular formula is C20H26N3O3+. The molecule has 0 saturated heterocycles. The Labute approximate surface area is 153 Å². The maximum atomic E-state index is 12.6. The molecule has 0 aliphatic rings. The summed E-state index contributed by atoms with van der Waals surface area (Å²) < 4.78 is 0. The zero-order valence-electron chi connectivity index (χ0n) is 15.9. The summed E-state index contributed by atoms with van der Waals surface area (Å²) in [7, 11) is 3.54. The number of carbonyl (C=O) groups excluding carboxylic acids is 3. The molecule has 0 saturated carbocycles. The highest BCUT2D eigenvalue weighted by molar-refractivity contribution is 6.03. The Bertz CT molecular complexity index is 835. The number of rotatable bonds is 7. The molecule has 0 bridgehead atoms. The highest BCUT2D eigenvalue weighted by Gasteiger charge is 2.22. The Hall–Kier alpha value is -2.73. The fraction of sp³-hybridized carbons (Fsp3) is 0.350. The van der Waals surface area contributed by atoms with Crippen LogP contribution in [0.2, 0.25) is 0 Å². The van der Waals surface area contributed by atoms with Crippen LogP contribution >= 0.6 is 0 Å². The first kappa shape index (κ1) is 19.6. The van der Waals surface area contributed by atoms with Gasteiger partial charge in [0.1, 0.15) is 13.1 Å². The van der Waals surface area contributed by atoms with E-state index < -0.39 is 0 Å². The fourth-order valence-electron chi connectivity index (χ4n) is 3.25. The van der Waals surface area contributed by atoms with Crippen LogP contribution < -0.4 is 10.2 Å². The SMILES string of the molecule is CNC(=O)c1ccc(C[NH+](C)CC(=O)c2[nH]c(C)c(C(C)=O)c2C)cc1. The molecular weight excluding hydrogens is 330 g/mol. The fourth-order valence-corrected chi connectivity index (χ4v) is 3.25. The van der Waals surface area contributed by atoms with Gasteiger partial charge in [-0.1, -0.05) is 12.1 Å². The number of H-pyrrole nitrogens is 1. The van der Waals surface area contributed by atoms with Crippen LogP contribution in [0.15, 0.2) is 24.3 Å². The predicted octanol–water partition coefficient (Wildman–Crippen LogP) is 1.09. The van der Waals surface area contributed by atoms with Crippen LogP contribution in [0.4, 0.5) is 0 Å². The van der Waals surface area contributed by atoms with Gasteiger partial charge in [0.2, 0.25) is 5.78 Å². The van der Waals surface area contributed by atoms with Crippen LogP contribution in [0.5, 0.6) is 0 Å². The van der Waals surface area contributed by atoms with Crippen molar-refractivity contribution >= 4 is 17.5 Å². The second-order valence-corrected chi connectivity index (χ2v) is 6.69.